The lowest BCUT2D eigenvalue weighted by molar-refractivity contribution is -0.138. The smallest absolute Gasteiger partial charge is 0.381 e. The summed E-state index contributed by atoms with van der Waals surface area (Å²) in [6, 6.07) is 5.00. The van der Waals surface area contributed by atoms with Gasteiger partial charge in [-0.05, 0) is 37.8 Å². The van der Waals surface area contributed by atoms with Gasteiger partial charge in [-0.15, -0.1) is 0 Å². The lowest BCUT2D eigenvalue weighted by atomic mass is 9.97. The number of benzene rings is 1. The number of ether oxygens (including phenoxy) is 1. The Bertz CT molecular complexity index is 559. The molecule has 120 valence electrons. The van der Waals surface area contributed by atoms with Crippen LogP contribution in [-0.2, 0) is 10.9 Å². The van der Waals surface area contributed by atoms with E-state index < -0.39 is 17.6 Å². The van der Waals surface area contributed by atoms with Gasteiger partial charge in [0, 0.05) is 19.2 Å². The van der Waals surface area contributed by atoms with Gasteiger partial charge >= 0.3 is 6.18 Å². The highest BCUT2D eigenvalue weighted by atomic mass is 19.4. The van der Waals surface area contributed by atoms with E-state index >= 15 is 0 Å². The number of hydrogen-bond acceptors (Lipinski definition) is 2. The van der Waals surface area contributed by atoms with Crippen LogP contribution in [0.2, 0.25) is 0 Å². The van der Waals surface area contributed by atoms with Gasteiger partial charge < -0.3 is 9.64 Å². The van der Waals surface area contributed by atoms with E-state index in [0.717, 1.165) is 18.9 Å². The van der Waals surface area contributed by atoms with Crippen molar-refractivity contribution in [1.29, 1.82) is 0 Å². The molecule has 0 radical (unpaired) electrons. The van der Waals surface area contributed by atoms with Crippen molar-refractivity contribution in [2.24, 2.45) is 0 Å². The Morgan fingerprint density at radius 2 is 1.77 bits per heavy atom. The third-order valence-corrected chi connectivity index (χ3v) is 4.72. The number of nitrogens with zero attached hydrogens (tertiary/aromatic N) is 1. The van der Waals surface area contributed by atoms with E-state index in [0.29, 0.717) is 12.8 Å². The maximum absolute atomic E-state index is 13.1. The number of amides is 1. The van der Waals surface area contributed by atoms with Crippen molar-refractivity contribution < 1.29 is 22.7 Å². The number of alkyl halides is 3. The molecule has 0 spiro atoms. The van der Waals surface area contributed by atoms with Crippen LogP contribution < -0.4 is 0 Å². The number of hydrogen-bond donors (Lipinski definition) is 0. The first-order valence-electron chi connectivity index (χ1n) is 7.43. The summed E-state index contributed by atoms with van der Waals surface area (Å²) >= 11 is 0. The van der Waals surface area contributed by atoms with Gasteiger partial charge in [-0.2, -0.15) is 13.2 Å². The molecule has 2 bridgehead atoms. The fourth-order valence-corrected chi connectivity index (χ4v) is 3.71. The van der Waals surface area contributed by atoms with E-state index in [1.54, 1.807) is 12.0 Å². The van der Waals surface area contributed by atoms with Crippen LogP contribution in [0.15, 0.2) is 24.3 Å². The number of halogens is 3. The number of methoxy groups -OCH3 is 1. The maximum atomic E-state index is 13.1. The predicted octanol–water partition coefficient (Wildman–Crippen LogP) is 3.49. The Labute approximate surface area is 127 Å². The summed E-state index contributed by atoms with van der Waals surface area (Å²) in [5.74, 6) is -0.505. The van der Waals surface area contributed by atoms with Gasteiger partial charge in [-0.1, -0.05) is 12.1 Å². The molecular weight excluding hydrogens is 295 g/mol. The predicted molar refractivity (Wildman–Crippen MR) is 74.5 cm³/mol. The third kappa shape index (κ3) is 2.60. The topological polar surface area (TPSA) is 29.5 Å². The zero-order chi connectivity index (χ0) is 15.9. The second-order valence-corrected chi connectivity index (χ2v) is 5.97. The molecule has 0 aliphatic carbocycles. The monoisotopic (exact) mass is 313 g/mol. The fraction of sp³-hybridized carbons (Fsp3) is 0.562. The number of carbonyl (C=O) groups excluding carboxylic acids is 1. The van der Waals surface area contributed by atoms with Gasteiger partial charge in [0.25, 0.3) is 5.91 Å². The highest BCUT2D eigenvalue weighted by Crippen LogP contribution is 2.39. The molecule has 2 aliphatic rings. The summed E-state index contributed by atoms with van der Waals surface area (Å²) in [6.07, 6.45) is -1.34. The summed E-state index contributed by atoms with van der Waals surface area (Å²) < 4.78 is 44.7. The molecule has 3 nitrogen and oxygen atoms in total. The molecule has 0 aromatic heterocycles. The number of fused-ring (bicyclic) bond motifs is 2. The van der Waals surface area contributed by atoms with Gasteiger partial charge in [-0.25, -0.2) is 0 Å². The molecule has 1 aromatic rings. The van der Waals surface area contributed by atoms with Crippen molar-refractivity contribution in [3.63, 3.8) is 0 Å². The molecule has 1 amide bonds. The lowest BCUT2D eigenvalue weighted by Crippen LogP contribution is -2.48. The van der Waals surface area contributed by atoms with E-state index in [2.05, 4.69) is 0 Å². The summed E-state index contributed by atoms with van der Waals surface area (Å²) in [4.78, 5) is 14.4. The van der Waals surface area contributed by atoms with Crippen LogP contribution in [0, 0.1) is 0 Å². The van der Waals surface area contributed by atoms with E-state index in [1.807, 2.05) is 0 Å². The van der Waals surface area contributed by atoms with Gasteiger partial charge in [0.2, 0.25) is 0 Å². The van der Waals surface area contributed by atoms with Gasteiger partial charge in [-0.3, -0.25) is 4.79 Å². The highest BCUT2D eigenvalue weighted by molar-refractivity contribution is 5.96. The van der Waals surface area contributed by atoms with Crippen molar-refractivity contribution in [1.82, 2.24) is 4.90 Å². The summed E-state index contributed by atoms with van der Waals surface area (Å²) in [7, 11) is 1.64. The Morgan fingerprint density at radius 1 is 1.18 bits per heavy atom. The third-order valence-electron chi connectivity index (χ3n) is 4.72. The molecule has 2 fully saturated rings. The highest BCUT2D eigenvalue weighted by Gasteiger charge is 2.45. The zero-order valence-corrected chi connectivity index (χ0v) is 12.3. The molecule has 2 atom stereocenters. The molecule has 2 unspecified atom stereocenters. The van der Waals surface area contributed by atoms with E-state index in [-0.39, 0.29) is 23.8 Å². The van der Waals surface area contributed by atoms with E-state index in [4.69, 9.17) is 4.74 Å². The molecule has 1 aromatic carbocycles. The van der Waals surface area contributed by atoms with Crippen LogP contribution in [0.1, 0.15) is 41.6 Å². The first kappa shape index (κ1) is 15.3. The number of carbonyl (C=O) groups is 1. The SMILES string of the molecule is COC1CC2CCC(C1)N2C(=O)c1ccccc1C(F)(F)F. The second-order valence-electron chi connectivity index (χ2n) is 5.97. The number of piperidine rings is 1. The molecular formula is C16H18F3NO2. The molecule has 0 N–H and O–H groups in total. The first-order valence-corrected chi connectivity index (χ1v) is 7.43. The summed E-state index contributed by atoms with van der Waals surface area (Å²) in [6.45, 7) is 0. The second kappa shape index (κ2) is 5.57. The fourth-order valence-electron chi connectivity index (χ4n) is 3.71. The summed E-state index contributed by atoms with van der Waals surface area (Å²) in [5.41, 5.74) is -1.10. The number of rotatable bonds is 2. The van der Waals surface area contributed by atoms with Crippen molar-refractivity contribution in [3.05, 3.63) is 35.4 Å². The van der Waals surface area contributed by atoms with Gasteiger partial charge in [0.15, 0.2) is 0 Å². The molecule has 2 aliphatic heterocycles. The van der Waals surface area contributed by atoms with Crippen LogP contribution in [0.25, 0.3) is 0 Å². The first-order chi connectivity index (χ1) is 10.4. The minimum absolute atomic E-state index is 0.0162. The normalized spacial score (nSPS) is 28.0. The van der Waals surface area contributed by atoms with Crippen LogP contribution >= 0.6 is 0 Å². The van der Waals surface area contributed by atoms with Crippen LogP contribution in [0.4, 0.5) is 13.2 Å². The largest absolute Gasteiger partial charge is 0.417 e. The van der Waals surface area contributed by atoms with Crippen LogP contribution in [0.3, 0.4) is 0 Å². The van der Waals surface area contributed by atoms with Gasteiger partial charge in [0.1, 0.15) is 0 Å². The molecule has 0 saturated carbocycles. The van der Waals surface area contributed by atoms with Crippen molar-refractivity contribution >= 4 is 5.91 Å². The van der Waals surface area contributed by atoms with Crippen molar-refractivity contribution in [2.75, 3.05) is 7.11 Å². The average Bonchev–Trinajstić information content (AvgIpc) is 2.75. The van der Waals surface area contributed by atoms with E-state index in [9.17, 15) is 18.0 Å². The maximum Gasteiger partial charge on any atom is 0.417 e. The molecule has 3 rings (SSSR count). The van der Waals surface area contributed by atoms with Crippen molar-refractivity contribution in [3.8, 4) is 0 Å². The van der Waals surface area contributed by atoms with Crippen LogP contribution in [0.5, 0.6) is 0 Å². The Kier molecular flexibility index (Phi) is 3.89. The minimum Gasteiger partial charge on any atom is -0.381 e. The van der Waals surface area contributed by atoms with E-state index in [1.165, 1.54) is 18.2 Å². The molecule has 6 heteroatoms. The Hall–Kier alpha value is -1.56. The standard InChI is InChI=1S/C16H18F3NO2/c1-22-12-8-10-6-7-11(9-12)20(10)15(21)13-4-2-3-5-14(13)16(17,18)19/h2-5,10-12H,6-9H2,1H3. The molecule has 22 heavy (non-hydrogen) atoms. The summed E-state index contributed by atoms with van der Waals surface area (Å²) in [5, 5.41) is 0. The molecule has 2 saturated heterocycles. The Balaban J connectivity index is 1.90. The van der Waals surface area contributed by atoms with Crippen molar-refractivity contribution in [2.45, 2.75) is 50.0 Å². The lowest BCUT2D eigenvalue weighted by Gasteiger charge is -2.38. The zero-order valence-electron chi connectivity index (χ0n) is 12.3. The van der Waals surface area contributed by atoms with Gasteiger partial charge in [0.05, 0.1) is 17.2 Å². The quantitative estimate of drug-likeness (QED) is 0.836. The average molecular weight is 313 g/mol. The Morgan fingerprint density at radius 3 is 2.32 bits per heavy atom. The minimum atomic E-state index is -4.52. The molecule has 2 heterocycles. The van der Waals surface area contributed by atoms with Crippen LogP contribution in [-0.4, -0.2) is 36.1 Å².